The van der Waals surface area contributed by atoms with E-state index >= 15 is 0 Å². The standard InChI is InChI=1S/C18H28N2O/c1-18(2,3)15-8-4-5-9-16(15)20-17(21)11-10-14-7-6-12-19-13-14/h4-5,8-9,14,19H,6-7,10-13H2,1-3H3,(H,20,21). The summed E-state index contributed by atoms with van der Waals surface area (Å²) in [5.74, 6) is 0.791. The van der Waals surface area contributed by atoms with Crippen LogP contribution in [-0.4, -0.2) is 19.0 Å². The summed E-state index contributed by atoms with van der Waals surface area (Å²) in [6.07, 6.45) is 4.08. The van der Waals surface area contributed by atoms with Crippen molar-refractivity contribution in [3.8, 4) is 0 Å². The molecule has 1 aliphatic heterocycles. The van der Waals surface area contributed by atoms with E-state index in [1.807, 2.05) is 18.2 Å². The molecule has 1 amide bonds. The van der Waals surface area contributed by atoms with E-state index in [2.05, 4.69) is 37.5 Å². The molecule has 3 nitrogen and oxygen atoms in total. The Kier molecular flexibility index (Phi) is 5.40. The number of nitrogens with one attached hydrogen (secondary N) is 2. The molecule has 21 heavy (non-hydrogen) atoms. The Balaban J connectivity index is 1.90. The van der Waals surface area contributed by atoms with Crippen molar-refractivity contribution in [2.45, 2.75) is 51.9 Å². The van der Waals surface area contributed by atoms with Crippen molar-refractivity contribution >= 4 is 11.6 Å². The first-order valence-corrected chi connectivity index (χ1v) is 8.07. The molecule has 1 aromatic rings. The van der Waals surface area contributed by atoms with Gasteiger partial charge in [-0.1, -0.05) is 39.0 Å². The van der Waals surface area contributed by atoms with Gasteiger partial charge in [0.15, 0.2) is 0 Å². The molecule has 1 fully saturated rings. The van der Waals surface area contributed by atoms with Gasteiger partial charge in [-0.15, -0.1) is 0 Å². The van der Waals surface area contributed by atoms with Crippen LogP contribution in [0, 0.1) is 5.92 Å². The van der Waals surface area contributed by atoms with E-state index in [4.69, 9.17) is 0 Å². The third-order valence-electron chi connectivity index (χ3n) is 4.19. The maximum Gasteiger partial charge on any atom is 0.224 e. The summed E-state index contributed by atoms with van der Waals surface area (Å²) in [6, 6.07) is 8.11. The Morgan fingerprint density at radius 3 is 2.76 bits per heavy atom. The largest absolute Gasteiger partial charge is 0.326 e. The molecular weight excluding hydrogens is 260 g/mol. The van der Waals surface area contributed by atoms with E-state index in [0.29, 0.717) is 12.3 Å². The van der Waals surface area contributed by atoms with Gasteiger partial charge in [0.05, 0.1) is 0 Å². The zero-order chi connectivity index (χ0) is 15.3. The van der Waals surface area contributed by atoms with Crippen LogP contribution in [0.15, 0.2) is 24.3 Å². The zero-order valence-electron chi connectivity index (χ0n) is 13.5. The van der Waals surface area contributed by atoms with Gasteiger partial charge >= 0.3 is 0 Å². The first-order chi connectivity index (χ1) is 9.97. The molecule has 1 aliphatic rings. The van der Waals surface area contributed by atoms with Crippen LogP contribution in [0.2, 0.25) is 0 Å². The molecule has 0 radical (unpaired) electrons. The van der Waals surface area contributed by atoms with Crippen molar-refractivity contribution in [3.05, 3.63) is 29.8 Å². The molecule has 1 aromatic carbocycles. The Morgan fingerprint density at radius 1 is 1.33 bits per heavy atom. The number of carbonyl (C=O) groups is 1. The molecule has 0 spiro atoms. The van der Waals surface area contributed by atoms with Crippen molar-refractivity contribution < 1.29 is 4.79 Å². The summed E-state index contributed by atoms with van der Waals surface area (Å²) in [4.78, 5) is 12.2. The van der Waals surface area contributed by atoms with E-state index in [-0.39, 0.29) is 11.3 Å². The number of carbonyl (C=O) groups excluding carboxylic acids is 1. The van der Waals surface area contributed by atoms with Crippen LogP contribution in [0.25, 0.3) is 0 Å². The molecule has 1 saturated heterocycles. The number of benzene rings is 1. The lowest BCUT2D eigenvalue weighted by atomic mass is 9.86. The fraction of sp³-hybridized carbons (Fsp3) is 0.611. The van der Waals surface area contributed by atoms with Gasteiger partial charge in [-0.25, -0.2) is 0 Å². The molecule has 0 bridgehead atoms. The third kappa shape index (κ3) is 4.85. The number of anilines is 1. The molecule has 2 rings (SSSR count). The van der Waals surface area contributed by atoms with E-state index < -0.39 is 0 Å². The first-order valence-electron chi connectivity index (χ1n) is 8.07. The maximum atomic E-state index is 12.2. The second-order valence-electron chi connectivity index (χ2n) is 7.09. The van der Waals surface area contributed by atoms with Crippen LogP contribution in [-0.2, 0) is 10.2 Å². The van der Waals surface area contributed by atoms with Crippen molar-refractivity contribution in [1.29, 1.82) is 0 Å². The predicted octanol–water partition coefficient (Wildman–Crippen LogP) is 3.70. The Bertz CT molecular complexity index is 470. The fourth-order valence-electron chi connectivity index (χ4n) is 2.96. The highest BCUT2D eigenvalue weighted by Crippen LogP contribution is 2.29. The Morgan fingerprint density at radius 2 is 2.10 bits per heavy atom. The molecule has 0 aromatic heterocycles. The van der Waals surface area contributed by atoms with Gasteiger partial charge in [-0.2, -0.15) is 0 Å². The van der Waals surface area contributed by atoms with Gasteiger partial charge in [0, 0.05) is 12.1 Å². The molecule has 3 heteroatoms. The summed E-state index contributed by atoms with van der Waals surface area (Å²) in [7, 11) is 0. The van der Waals surface area contributed by atoms with Gasteiger partial charge in [0.25, 0.3) is 0 Å². The lowest BCUT2D eigenvalue weighted by molar-refractivity contribution is -0.116. The summed E-state index contributed by atoms with van der Waals surface area (Å²) in [5.41, 5.74) is 2.19. The van der Waals surface area contributed by atoms with Crippen molar-refractivity contribution in [2.24, 2.45) is 5.92 Å². The van der Waals surface area contributed by atoms with Crippen molar-refractivity contribution in [3.63, 3.8) is 0 Å². The highest BCUT2D eigenvalue weighted by atomic mass is 16.1. The van der Waals surface area contributed by atoms with Gasteiger partial charge in [0.1, 0.15) is 0 Å². The minimum atomic E-state index is 0.0389. The van der Waals surface area contributed by atoms with Crippen LogP contribution in [0.3, 0.4) is 0 Å². The molecule has 0 saturated carbocycles. The van der Waals surface area contributed by atoms with Crippen LogP contribution >= 0.6 is 0 Å². The molecule has 2 N–H and O–H groups in total. The minimum Gasteiger partial charge on any atom is -0.326 e. The van der Waals surface area contributed by atoms with Crippen LogP contribution in [0.5, 0.6) is 0 Å². The van der Waals surface area contributed by atoms with Gasteiger partial charge in [-0.05, 0) is 55.3 Å². The summed E-state index contributed by atoms with van der Waals surface area (Å²) in [6.45, 7) is 8.70. The summed E-state index contributed by atoms with van der Waals surface area (Å²) >= 11 is 0. The number of amides is 1. The molecule has 1 atom stereocenters. The highest BCUT2D eigenvalue weighted by molar-refractivity contribution is 5.91. The molecular formula is C18H28N2O. The van der Waals surface area contributed by atoms with Gasteiger partial charge in [0.2, 0.25) is 5.91 Å². The molecule has 116 valence electrons. The Hall–Kier alpha value is -1.35. The summed E-state index contributed by atoms with van der Waals surface area (Å²) < 4.78 is 0. The molecule has 1 heterocycles. The average Bonchev–Trinajstić information content (AvgIpc) is 2.46. The third-order valence-corrected chi connectivity index (χ3v) is 4.19. The van der Waals surface area contributed by atoms with Gasteiger partial charge in [-0.3, -0.25) is 4.79 Å². The normalized spacial score (nSPS) is 19.3. The highest BCUT2D eigenvalue weighted by Gasteiger charge is 2.19. The zero-order valence-corrected chi connectivity index (χ0v) is 13.5. The van der Waals surface area contributed by atoms with Crippen LogP contribution in [0.4, 0.5) is 5.69 Å². The van der Waals surface area contributed by atoms with E-state index in [1.54, 1.807) is 0 Å². The smallest absolute Gasteiger partial charge is 0.224 e. The van der Waals surface area contributed by atoms with Gasteiger partial charge < -0.3 is 10.6 Å². The minimum absolute atomic E-state index is 0.0389. The lowest BCUT2D eigenvalue weighted by Gasteiger charge is -2.24. The second kappa shape index (κ2) is 7.08. The summed E-state index contributed by atoms with van der Waals surface area (Å²) in [5, 5.41) is 6.50. The van der Waals surface area contributed by atoms with Crippen molar-refractivity contribution in [1.82, 2.24) is 5.32 Å². The average molecular weight is 288 g/mol. The fourth-order valence-corrected chi connectivity index (χ4v) is 2.96. The second-order valence-corrected chi connectivity index (χ2v) is 7.09. The number of hydrogen-bond donors (Lipinski definition) is 2. The number of rotatable bonds is 4. The van der Waals surface area contributed by atoms with Crippen LogP contribution in [0.1, 0.15) is 52.0 Å². The predicted molar refractivity (Wildman–Crippen MR) is 88.6 cm³/mol. The van der Waals surface area contributed by atoms with E-state index in [0.717, 1.165) is 25.2 Å². The topological polar surface area (TPSA) is 41.1 Å². The van der Waals surface area contributed by atoms with E-state index in [9.17, 15) is 4.79 Å². The monoisotopic (exact) mass is 288 g/mol. The lowest BCUT2D eigenvalue weighted by Crippen LogP contribution is -2.30. The maximum absolute atomic E-state index is 12.2. The molecule has 0 aliphatic carbocycles. The quantitative estimate of drug-likeness (QED) is 0.887. The SMILES string of the molecule is CC(C)(C)c1ccccc1NC(=O)CCC1CCCNC1. The van der Waals surface area contributed by atoms with E-state index in [1.165, 1.54) is 18.4 Å². The van der Waals surface area contributed by atoms with Crippen LogP contribution < -0.4 is 10.6 Å². The number of hydrogen-bond acceptors (Lipinski definition) is 2. The first kappa shape index (κ1) is 16.0. The Labute approximate surface area is 128 Å². The number of para-hydroxylation sites is 1. The molecule has 1 unspecified atom stereocenters. The number of piperidine rings is 1. The van der Waals surface area contributed by atoms with Crippen molar-refractivity contribution in [2.75, 3.05) is 18.4 Å².